The van der Waals surface area contributed by atoms with Crippen LogP contribution in [-0.4, -0.2) is 14.3 Å². The third-order valence-corrected chi connectivity index (χ3v) is 5.49. The van der Waals surface area contributed by atoms with Gasteiger partial charge in [0.05, 0.1) is 10.5 Å². The molecule has 6 nitrogen and oxygen atoms in total. The summed E-state index contributed by atoms with van der Waals surface area (Å²) in [5, 5.41) is 8.75. The molecular weight excluding hydrogens is 435 g/mol. The number of rotatable bonds is 6. The van der Waals surface area contributed by atoms with Crippen LogP contribution in [0.1, 0.15) is 15.9 Å². The number of nitrogens with one attached hydrogen (secondary N) is 1. The van der Waals surface area contributed by atoms with E-state index in [9.17, 15) is 13.2 Å². The Kier molecular flexibility index (Phi) is 6.44. The van der Waals surface area contributed by atoms with Crippen LogP contribution in [0.25, 0.3) is 0 Å². The molecule has 150 valence electrons. The van der Waals surface area contributed by atoms with Gasteiger partial charge in [-0.1, -0.05) is 41.4 Å². The fraction of sp³-hybridized carbons (Fsp3) is 0.0500. The zero-order chi connectivity index (χ0) is 21.0. The van der Waals surface area contributed by atoms with Gasteiger partial charge in [0.25, 0.3) is 5.91 Å². The molecule has 29 heavy (non-hydrogen) atoms. The normalized spacial score (nSPS) is 11.1. The molecule has 0 heterocycles. The molecule has 0 saturated heterocycles. The summed E-state index contributed by atoms with van der Waals surface area (Å²) in [6, 6.07) is 17.4. The van der Waals surface area contributed by atoms with E-state index in [-0.39, 0.29) is 11.5 Å². The number of para-hydroxylation sites is 1. The molecule has 0 aliphatic rings. The van der Waals surface area contributed by atoms with Crippen molar-refractivity contribution in [3.63, 3.8) is 0 Å². The van der Waals surface area contributed by atoms with E-state index in [1.807, 2.05) is 0 Å². The highest BCUT2D eigenvalue weighted by Crippen LogP contribution is 2.25. The highest BCUT2D eigenvalue weighted by molar-refractivity contribution is 7.89. The number of hydrogen-bond acceptors (Lipinski definition) is 4. The number of anilines is 1. The Morgan fingerprint density at radius 3 is 2.34 bits per heavy atom. The smallest absolute Gasteiger partial charge is 0.259 e. The molecule has 0 unspecified atom stereocenters. The number of ether oxygens (including phenoxy) is 1. The van der Waals surface area contributed by atoms with Gasteiger partial charge in [0.15, 0.2) is 0 Å². The maximum Gasteiger partial charge on any atom is 0.259 e. The first-order valence-corrected chi connectivity index (χ1v) is 10.6. The Hall–Kier alpha value is -2.58. The molecule has 0 atom stereocenters. The molecule has 0 fully saturated rings. The van der Waals surface area contributed by atoms with Gasteiger partial charge in [-0.05, 0) is 48.5 Å². The Labute approximate surface area is 178 Å². The average Bonchev–Trinajstić information content (AvgIpc) is 2.67. The molecule has 3 rings (SSSR count). The van der Waals surface area contributed by atoms with Gasteiger partial charge in [-0.2, -0.15) is 0 Å². The lowest BCUT2D eigenvalue weighted by Gasteiger charge is -2.13. The first kappa shape index (κ1) is 21.1. The van der Waals surface area contributed by atoms with Gasteiger partial charge < -0.3 is 10.1 Å². The van der Waals surface area contributed by atoms with Crippen LogP contribution in [0.3, 0.4) is 0 Å². The average molecular weight is 451 g/mol. The number of sulfonamides is 1. The van der Waals surface area contributed by atoms with Crippen LogP contribution in [0.4, 0.5) is 5.69 Å². The molecule has 0 saturated carbocycles. The number of primary sulfonamides is 1. The second kappa shape index (κ2) is 8.84. The number of carbonyl (C=O) groups excluding carboxylic acids is 1. The number of carbonyl (C=O) groups is 1. The summed E-state index contributed by atoms with van der Waals surface area (Å²) in [6.07, 6.45) is 0. The van der Waals surface area contributed by atoms with Crippen LogP contribution in [-0.2, 0) is 16.6 Å². The lowest BCUT2D eigenvalue weighted by atomic mass is 10.1. The van der Waals surface area contributed by atoms with Gasteiger partial charge in [-0.15, -0.1) is 0 Å². The van der Waals surface area contributed by atoms with Gasteiger partial charge in [-0.3, -0.25) is 4.79 Å². The molecule has 3 aromatic carbocycles. The van der Waals surface area contributed by atoms with Crippen molar-refractivity contribution in [2.45, 2.75) is 11.5 Å². The van der Waals surface area contributed by atoms with Crippen molar-refractivity contribution in [2.24, 2.45) is 5.14 Å². The highest BCUT2D eigenvalue weighted by Gasteiger charge is 2.14. The summed E-state index contributed by atoms with van der Waals surface area (Å²) >= 11 is 12.0. The SMILES string of the molecule is NS(=O)(=O)c1ccc(NC(=O)c2ccccc2OCc2ccc(Cl)cc2Cl)cc1. The molecule has 3 aromatic rings. The summed E-state index contributed by atoms with van der Waals surface area (Å²) in [6.45, 7) is 0.156. The minimum Gasteiger partial charge on any atom is -0.488 e. The van der Waals surface area contributed by atoms with Gasteiger partial charge in [0.2, 0.25) is 10.0 Å². The maximum atomic E-state index is 12.7. The van der Waals surface area contributed by atoms with Crippen LogP contribution < -0.4 is 15.2 Å². The van der Waals surface area contributed by atoms with Gasteiger partial charge in [-0.25, -0.2) is 13.6 Å². The van der Waals surface area contributed by atoms with Crippen molar-refractivity contribution in [3.8, 4) is 5.75 Å². The predicted molar refractivity (Wildman–Crippen MR) is 113 cm³/mol. The van der Waals surface area contributed by atoms with E-state index in [2.05, 4.69) is 5.32 Å². The third kappa shape index (κ3) is 5.48. The number of halogens is 2. The number of amides is 1. The quantitative estimate of drug-likeness (QED) is 0.578. The van der Waals surface area contributed by atoms with Crippen LogP contribution in [0.15, 0.2) is 71.6 Å². The standard InChI is InChI=1S/C20H16Cl2N2O4S/c21-14-6-5-13(18(22)11-14)12-28-19-4-2-1-3-17(19)20(25)24-15-7-9-16(10-8-15)29(23,26)27/h1-11H,12H2,(H,24,25)(H2,23,26,27). The molecule has 1 amide bonds. The summed E-state index contributed by atoms with van der Waals surface area (Å²) in [4.78, 5) is 12.6. The van der Waals surface area contributed by atoms with E-state index in [4.69, 9.17) is 33.1 Å². The molecule has 0 radical (unpaired) electrons. The number of nitrogens with two attached hydrogens (primary N) is 1. The maximum absolute atomic E-state index is 12.7. The van der Waals surface area contributed by atoms with Crippen molar-refractivity contribution >= 4 is 44.8 Å². The molecule has 0 aliphatic carbocycles. The largest absolute Gasteiger partial charge is 0.488 e. The van der Waals surface area contributed by atoms with Crippen LogP contribution in [0, 0.1) is 0 Å². The van der Waals surface area contributed by atoms with E-state index in [1.165, 1.54) is 24.3 Å². The van der Waals surface area contributed by atoms with E-state index in [0.29, 0.717) is 27.0 Å². The monoisotopic (exact) mass is 450 g/mol. The van der Waals surface area contributed by atoms with Gasteiger partial charge in [0, 0.05) is 21.3 Å². The fourth-order valence-corrected chi connectivity index (χ4v) is 3.48. The van der Waals surface area contributed by atoms with Gasteiger partial charge >= 0.3 is 0 Å². The summed E-state index contributed by atoms with van der Waals surface area (Å²) in [5.74, 6) is -0.0386. The lowest BCUT2D eigenvalue weighted by Crippen LogP contribution is -2.15. The zero-order valence-electron chi connectivity index (χ0n) is 14.9. The molecule has 0 bridgehead atoms. The van der Waals surface area contributed by atoms with E-state index in [1.54, 1.807) is 42.5 Å². The topological polar surface area (TPSA) is 98.5 Å². The molecule has 0 aromatic heterocycles. The van der Waals surface area contributed by atoms with Crippen molar-refractivity contribution in [3.05, 3.63) is 87.9 Å². The fourth-order valence-electron chi connectivity index (χ4n) is 2.50. The minimum atomic E-state index is -3.80. The molecular formula is C20H16Cl2N2O4S. The van der Waals surface area contributed by atoms with Gasteiger partial charge in [0.1, 0.15) is 12.4 Å². The van der Waals surface area contributed by atoms with Crippen LogP contribution in [0.5, 0.6) is 5.75 Å². The highest BCUT2D eigenvalue weighted by atomic mass is 35.5. The molecule has 3 N–H and O–H groups in total. The lowest BCUT2D eigenvalue weighted by molar-refractivity contribution is 0.102. The number of hydrogen-bond donors (Lipinski definition) is 2. The number of benzene rings is 3. The molecule has 0 spiro atoms. The summed E-state index contributed by atoms with van der Waals surface area (Å²) in [5.41, 5.74) is 1.45. The minimum absolute atomic E-state index is 0.0425. The second-order valence-corrected chi connectivity index (χ2v) is 8.45. The predicted octanol–water partition coefficient (Wildman–Crippen LogP) is 4.47. The van der Waals surface area contributed by atoms with Crippen molar-refractivity contribution < 1.29 is 17.9 Å². The Bertz CT molecular complexity index is 1150. The summed E-state index contributed by atoms with van der Waals surface area (Å²) in [7, 11) is -3.80. The van der Waals surface area contributed by atoms with Crippen molar-refractivity contribution in [1.82, 2.24) is 0 Å². The van der Waals surface area contributed by atoms with E-state index >= 15 is 0 Å². The Morgan fingerprint density at radius 2 is 1.69 bits per heavy atom. The van der Waals surface area contributed by atoms with Crippen molar-refractivity contribution in [1.29, 1.82) is 0 Å². The third-order valence-electron chi connectivity index (χ3n) is 3.97. The first-order valence-electron chi connectivity index (χ1n) is 8.34. The van der Waals surface area contributed by atoms with E-state index in [0.717, 1.165) is 5.56 Å². The summed E-state index contributed by atoms with van der Waals surface area (Å²) < 4.78 is 28.4. The Balaban J connectivity index is 1.74. The Morgan fingerprint density at radius 1 is 1.00 bits per heavy atom. The zero-order valence-corrected chi connectivity index (χ0v) is 17.3. The van der Waals surface area contributed by atoms with Crippen LogP contribution in [0.2, 0.25) is 10.0 Å². The van der Waals surface area contributed by atoms with Crippen LogP contribution >= 0.6 is 23.2 Å². The molecule has 0 aliphatic heterocycles. The van der Waals surface area contributed by atoms with Crippen molar-refractivity contribution in [2.75, 3.05) is 5.32 Å². The van der Waals surface area contributed by atoms with E-state index < -0.39 is 15.9 Å². The second-order valence-electron chi connectivity index (χ2n) is 6.04. The first-order chi connectivity index (χ1) is 13.7. The molecule has 9 heteroatoms.